The van der Waals surface area contributed by atoms with Crippen molar-refractivity contribution < 1.29 is 23.1 Å². The largest absolute Gasteiger partial charge is 0.481 e. The van der Waals surface area contributed by atoms with Gasteiger partial charge < -0.3 is 10.4 Å². The first-order valence-electron chi connectivity index (χ1n) is 5.39. The van der Waals surface area contributed by atoms with E-state index in [2.05, 4.69) is 10.0 Å². The maximum absolute atomic E-state index is 11.7. The van der Waals surface area contributed by atoms with Crippen molar-refractivity contribution in [3.63, 3.8) is 0 Å². The first-order valence-corrected chi connectivity index (χ1v) is 7.75. The molecule has 1 aromatic heterocycles. The Morgan fingerprint density at radius 1 is 1.42 bits per heavy atom. The van der Waals surface area contributed by atoms with Gasteiger partial charge in [0.25, 0.3) is 5.91 Å². The standard InChI is InChI=1S/C10H14N2O5S2/c1-11-19(16,17)7-5-8(18-6-7)10(15)12-4-2-3-9(13)14/h5-6,11H,2-4H2,1H3,(H,12,15)(H,13,14). The first-order chi connectivity index (χ1) is 8.86. The van der Waals surface area contributed by atoms with E-state index in [0.29, 0.717) is 6.42 Å². The first kappa shape index (κ1) is 15.6. The van der Waals surface area contributed by atoms with Gasteiger partial charge in [0, 0.05) is 18.3 Å². The smallest absolute Gasteiger partial charge is 0.303 e. The zero-order chi connectivity index (χ0) is 14.5. The highest BCUT2D eigenvalue weighted by Gasteiger charge is 2.16. The van der Waals surface area contributed by atoms with E-state index in [0.717, 1.165) is 11.3 Å². The number of carboxylic acids is 1. The number of thiophene rings is 1. The molecule has 0 bridgehead atoms. The number of carboxylic acid groups (broad SMARTS) is 1. The number of rotatable bonds is 7. The minimum atomic E-state index is -3.54. The summed E-state index contributed by atoms with van der Waals surface area (Å²) in [7, 11) is -2.25. The highest BCUT2D eigenvalue weighted by molar-refractivity contribution is 7.89. The third-order valence-electron chi connectivity index (χ3n) is 2.23. The van der Waals surface area contributed by atoms with Gasteiger partial charge in [-0.2, -0.15) is 0 Å². The molecule has 0 aromatic carbocycles. The Hall–Kier alpha value is -1.45. The lowest BCUT2D eigenvalue weighted by atomic mass is 10.3. The van der Waals surface area contributed by atoms with Crippen molar-refractivity contribution in [2.75, 3.05) is 13.6 Å². The normalized spacial score (nSPS) is 11.2. The Kier molecular flexibility index (Phi) is 5.45. The second-order valence-electron chi connectivity index (χ2n) is 3.61. The fourth-order valence-corrected chi connectivity index (χ4v) is 3.15. The van der Waals surface area contributed by atoms with Crippen LogP contribution >= 0.6 is 11.3 Å². The Bertz CT molecular complexity index is 564. The molecular formula is C10H14N2O5S2. The molecule has 0 atom stereocenters. The average molecular weight is 306 g/mol. The van der Waals surface area contributed by atoms with Crippen molar-refractivity contribution in [3.05, 3.63) is 16.3 Å². The molecule has 1 rings (SSSR count). The summed E-state index contributed by atoms with van der Waals surface area (Å²) < 4.78 is 25.1. The molecule has 0 fully saturated rings. The van der Waals surface area contributed by atoms with Crippen molar-refractivity contribution in [1.82, 2.24) is 10.0 Å². The van der Waals surface area contributed by atoms with Crippen LogP contribution in [0.3, 0.4) is 0 Å². The lowest BCUT2D eigenvalue weighted by molar-refractivity contribution is -0.137. The van der Waals surface area contributed by atoms with Gasteiger partial charge in [0.2, 0.25) is 10.0 Å². The fourth-order valence-electron chi connectivity index (χ4n) is 1.23. The number of hydrogen-bond donors (Lipinski definition) is 3. The van der Waals surface area contributed by atoms with Gasteiger partial charge in [-0.05, 0) is 19.5 Å². The molecule has 0 spiro atoms. The lowest BCUT2D eigenvalue weighted by Crippen LogP contribution is -2.24. The summed E-state index contributed by atoms with van der Waals surface area (Å²) in [4.78, 5) is 22.2. The van der Waals surface area contributed by atoms with Crippen molar-refractivity contribution in [1.29, 1.82) is 0 Å². The van der Waals surface area contributed by atoms with Crippen LogP contribution in [0.2, 0.25) is 0 Å². The molecule has 1 heterocycles. The van der Waals surface area contributed by atoms with Crippen molar-refractivity contribution >= 4 is 33.2 Å². The maximum Gasteiger partial charge on any atom is 0.303 e. The number of hydrogen-bond acceptors (Lipinski definition) is 5. The summed E-state index contributed by atoms with van der Waals surface area (Å²) >= 11 is 1.02. The van der Waals surface area contributed by atoms with Gasteiger partial charge in [-0.15, -0.1) is 11.3 Å². The zero-order valence-electron chi connectivity index (χ0n) is 10.2. The summed E-state index contributed by atoms with van der Waals surface area (Å²) in [6, 6.07) is 1.28. The molecule has 19 heavy (non-hydrogen) atoms. The summed E-state index contributed by atoms with van der Waals surface area (Å²) in [6.45, 7) is 0.233. The van der Waals surface area contributed by atoms with Gasteiger partial charge in [0.15, 0.2) is 0 Å². The maximum atomic E-state index is 11.7. The van der Waals surface area contributed by atoms with Gasteiger partial charge in [-0.25, -0.2) is 13.1 Å². The summed E-state index contributed by atoms with van der Waals surface area (Å²) in [6.07, 6.45) is 0.304. The van der Waals surface area contributed by atoms with E-state index in [-0.39, 0.29) is 22.7 Å². The Balaban J connectivity index is 2.57. The van der Waals surface area contributed by atoms with E-state index in [1.165, 1.54) is 18.5 Å². The molecule has 9 heteroatoms. The highest BCUT2D eigenvalue weighted by Crippen LogP contribution is 2.18. The molecule has 0 unspecified atom stereocenters. The molecule has 3 N–H and O–H groups in total. The van der Waals surface area contributed by atoms with Crippen LogP contribution in [0.15, 0.2) is 16.3 Å². The molecular weight excluding hydrogens is 292 g/mol. The van der Waals surface area contributed by atoms with Crippen LogP contribution in [0.25, 0.3) is 0 Å². The van der Waals surface area contributed by atoms with E-state index in [1.807, 2.05) is 0 Å². The predicted octanol–water partition coefficient (Wildman–Crippen LogP) is 0.251. The molecule has 0 radical (unpaired) electrons. The molecule has 1 amide bonds. The predicted molar refractivity (Wildman–Crippen MR) is 69.8 cm³/mol. The SMILES string of the molecule is CNS(=O)(=O)c1csc(C(=O)NCCCC(=O)O)c1. The van der Waals surface area contributed by atoms with E-state index in [1.54, 1.807) is 0 Å². The Labute approximate surface area is 114 Å². The van der Waals surface area contributed by atoms with E-state index in [4.69, 9.17) is 5.11 Å². The molecule has 0 aliphatic carbocycles. The number of carbonyl (C=O) groups is 2. The molecule has 7 nitrogen and oxygen atoms in total. The second kappa shape index (κ2) is 6.64. The highest BCUT2D eigenvalue weighted by atomic mass is 32.2. The van der Waals surface area contributed by atoms with Crippen LogP contribution in [-0.2, 0) is 14.8 Å². The fraction of sp³-hybridized carbons (Fsp3) is 0.400. The second-order valence-corrected chi connectivity index (χ2v) is 6.41. The van der Waals surface area contributed by atoms with Crippen LogP contribution < -0.4 is 10.0 Å². The monoisotopic (exact) mass is 306 g/mol. The minimum Gasteiger partial charge on any atom is -0.481 e. The molecule has 106 valence electrons. The number of aliphatic carboxylic acids is 1. The van der Waals surface area contributed by atoms with Crippen LogP contribution in [0.1, 0.15) is 22.5 Å². The van der Waals surface area contributed by atoms with Gasteiger partial charge >= 0.3 is 5.97 Å². The van der Waals surface area contributed by atoms with E-state index < -0.39 is 21.9 Å². The number of nitrogens with one attached hydrogen (secondary N) is 2. The lowest BCUT2D eigenvalue weighted by Gasteiger charge is -2.01. The molecule has 0 saturated carbocycles. The van der Waals surface area contributed by atoms with E-state index in [9.17, 15) is 18.0 Å². The molecule has 0 aliphatic heterocycles. The van der Waals surface area contributed by atoms with Crippen molar-refractivity contribution in [3.8, 4) is 0 Å². The molecule has 0 saturated heterocycles. The van der Waals surface area contributed by atoms with Gasteiger partial charge in [-0.3, -0.25) is 9.59 Å². The van der Waals surface area contributed by atoms with Gasteiger partial charge in [0.05, 0.1) is 9.77 Å². The Morgan fingerprint density at radius 3 is 2.68 bits per heavy atom. The third-order valence-corrected chi connectivity index (χ3v) is 4.70. The van der Waals surface area contributed by atoms with Crippen LogP contribution in [0, 0.1) is 0 Å². The minimum absolute atomic E-state index is 0.0237. The molecule has 0 aliphatic rings. The van der Waals surface area contributed by atoms with Crippen molar-refractivity contribution in [2.24, 2.45) is 0 Å². The third kappa shape index (κ3) is 4.62. The summed E-state index contributed by atoms with van der Waals surface area (Å²) in [5.74, 6) is -1.33. The van der Waals surface area contributed by atoms with Crippen molar-refractivity contribution in [2.45, 2.75) is 17.7 Å². The quantitative estimate of drug-likeness (QED) is 0.625. The number of carbonyl (C=O) groups excluding carboxylic acids is 1. The zero-order valence-corrected chi connectivity index (χ0v) is 11.8. The summed E-state index contributed by atoms with van der Waals surface area (Å²) in [5, 5.41) is 12.3. The Morgan fingerprint density at radius 2 is 2.11 bits per heavy atom. The number of sulfonamides is 1. The molecule has 1 aromatic rings. The van der Waals surface area contributed by atoms with Gasteiger partial charge in [0.1, 0.15) is 0 Å². The topological polar surface area (TPSA) is 113 Å². The van der Waals surface area contributed by atoms with E-state index >= 15 is 0 Å². The number of amides is 1. The summed E-state index contributed by atoms with van der Waals surface area (Å²) in [5.41, 5.74) is 0. The van der Waals surface area contributed by atoms with Gasteiger partial charge in [-0.1, -0.05) is 0 Å². The van der Waals surface area contributed by atoms with Crippen LogP contribution in [0.5, 0.6) is 0 Å². The van der Waals surface area contributed by atoms with Crippen LogP contribution in [0.4, 0.5) is 0 Å². The van der Waals surface area contributed by atoms with Crippen LogP contribution in [-0.4, -0.2) is 39.0 Å². The average Bonchev–Trinajstić information content (AvgIpc) is 2.84.